The number of allylic oxidation sites excluding steroid dienone is 3. The van der Waals surface area contributed by atoms with Gasteiger partial charge in [0.1, 0.15) is 0 Å². The molecule has 80 valence electrons. The first-order valence-corrected chi connectivity index (χ1v) is 5.09. The van der Waals surface area contributed by atoms with Gasteiger partial charge < -0.3 is 4.74 Å². The fourth-order valence-corrected chi connectivity index (χ4v) is 1.30. The molecular formula is C12H20O2. The topological polar surface area (TPSA) is 26.3 Å². The number of carbonyl (C=O) groups excluding carboxylic acids is 1. The molecule has 2 nitrogen and oxygen atoms in total. The lowest BCUT2D eigenvalue weighted by molar-refractivity contribution is -0.141. The van der Waals surface area contributed by atoms with Crippen LogP contribution in [0.25, 0.3) is 0 Å². The monoisotopic (exact) mass is 196 g/mol. The normalized spacial score (nSPS) is 12.7. The highest BCUT2D eigenvalue weighted by Crippen LogP contribution is 2.14. The molecule has 0 rings (SSSR count). The maximum atomic E-state index is 11.1. The zero-order chi connectivity index (χ0) is 10.8. The number of rotatable bonds is 7. The maximum Gasteiger partial charge on any atom is 0.306 e. The Hall–Kier alpha value is -1.05. The second-order valence-electron chi connectivity index (χ2n) is 3.28. The van der Waals surface area contributed by atoms with E-state index in [2.05, 4.69) is 30.4 Å². The molecule has 0 aliphatic heterocycles. The lowest BCUT2D eigenvalue weighted by Crippen LogP contribution is -2.07. The van der Waals surface area contributed by atoms with E-state index in [9.17, 15) is 4.79 Å². The molecule has 0 spiro atoms. The summed E-state index contributed by atoms with van der Waals surface area (Å²) in [6.07, 6.45) is 9.44. The van der Waals surface area contributed by atoms with E-state index in [0.29, 0.717) is 12.3 Å². The van der Waals surface area contributed by atoms with Gasteiger partial charge in [-0.1, -0.05) is 31.6 Å². The lowest BCUT2D eigenvalue weighted by atomic mass is 9.99. The van der Waals surface area contributed by atoms with Crippen molar-refractivity contribution in [2.75, 3.05) is 7.11 Å². The summed E-state index contributed by atoms with van der Waals surface area (Å²) >= 11 is 0. The second kappa shape index (κ2) is 8.54. The first-order valence-electron chi connectivity index (χ1n) is 5.09. The Morgan fingerprint density at radius 3 is 2.79 bits per heavy atom. The van der Waals surface area contributed by atoms with Gasteiger partial charge in [0.05, 0.1) is 13.5 Å². The maximum absolute atomic E-state index is 11.1. The summed E-state index contributed by atoms with van der Waals surface area (Å²) in [6.45, 7) is 5.75. The van der Waals surface area contributed by atoms with Gasteiger partial charge in [0.2, 0.25) is 0 Å². The SMILES string of the molecule is C=CC/C=C/C(CCC)CC(=O)OC. The predicted octanol–water partition coefficient (Wildman–Crippen LogP) is 3.10. The standard InChI is InChI=1S/C12H20O2/c1-4-6-7-9-11(8-5-2)10-12(13)14-3/h4,7,9,11H,1,5-6,8,10H2,2-3H3/b9-7+. The molecule has 0 saturated heterocycles. The molecule has 1 unspecified atom stereocenters. The first-order chi connectivity index (χ1) is 6.74. The predicted molar refractivity (Wildman–Crippen MR) is 59.0 cm³/mol. The van der Waals surface area contributed by atoms with E-state index >= 15 is 0 Å². The molecule has 2 heteroatoms. The Bertz CT molecular complexity index is 194. The molecule has 0 bridgehead atoms. The average Bonchev–Trinajstić information content (AvgIpc) is 2.18. The minimum atomic E-state index is -0.133. The molecular weight excluding hydrogens is 176 g/mol. The summed E-state index contributed by atoms with van der Waals surface area (Å²) in [5, 5.41) is 0. The Morgan fingerprint density at radius 2 is 2.29 bits per heavy atom. The fourth-order valence-electron chi connectivity index (χ4n) is 1.30. The van der Waals surface area contributed by atoms with Crippen LogP contribution >= 0.6 is 0 Å². The van der Waals surface area contributed by atoms with Crippen LogP contribution in [-0.2, 0) is 9.53 Å². The van der Waals surface area contributed by atoms with Gasteiger partial charge in [0, 0.05) is 0 Å². The van der Waals surface area contributed by atoms with Gasteiger partial charge in [0.25, 0.3) is 0 Å². The summed E-state index contributed by atoms with van der Waals surface area (Å²) in [6, 6.07) is 0. The van der Waals surface area contributed by atoms with E-state index in [0.717, 1.165) is 19.3 Å². The molecule has 0 aromatic carbocycles. The Balaban J connectivity index is 4.00. The van der Waals surface area contributed by atoms with Crippen molar-refractivity contribution in [3.63, 3.8) is 0 Å². The molecule has 0 heterocycles. The summed E-state index contributed by atoms with van der Waals surface area (Å²) in [5.41, 5.74) is 0. The molecule has 1 atom stereocenters. The van der Waals surface area contributed by atoms with E-state index in [1.807, 2.05) is 6.08 Å². The highest BCUT2D eigenvalue weighted by Gasteiger charge is 2.09. The molecule has 0 N–H and O–H groups in total. The number of carbonyl (C=O) groups is 1. The van der Waals surface area contributed by atoms with Gasteiger partial charge in [0.15, 0.2) is 0 Å². The lowest BCUT2D eigenvalue weighted by Gasteiger charge is -2.09. The van der Waals surface area contributed by atoms with Crippen molar-refractivity contribution in [1.82, 2.24) is 0 Å². The second-order valence-corrected chi connectivity index (χ2v) is 3.28. The largest absolute Gasteiger partial charge is 0.469 e. The minimum Gasteiger partial charge on any atom is -0.469 e. The Morgan fingerprint density at radius 1 is 1.57 bits per heavy atom. The highest BCUT2D eigenvalue weighted by atomic mass is 16.5. The summed E-state index contributed by atoms with van der Waals surface area (Å²) in [4.78, 5) is 11.1. The quantitative estimate of drug-likeness (QED) is 0.462. The van der Waals surface area contributed by atoms with Crippen LogP contribution in [-0.4, -0.2) is 13.1 Å². The van der Waals surface area contributed by atoms with Crippen LogP contribution in [0.3, 0.4) is 0 Å². The van der Waals surface area contributed by atoms with Gasteiger partial charge >= 0.3 is 5.97 Å². The van der Waals surface area contributed by atoms with E-state index < -0.39 is 0 Å². The summed E-state index contributed by atoms with van der Waals surface area (Å²) in [5.74, 6) is 0.180. The number of ether oxygens (including phenoxy) is 1. The van der Waals surface area contributed by atoms with Gasteiger partial charge in [-0.25, -0.2) is 0 Å². The third-order valence-corrected chi connectivity index (χ3v) is 2.03. The van der Waals surface area contributed by atoms with Crippen LogP contribution in [0.1, 0.15) is 32.6 Å². The molecule has 0 aromatic heterocycles. The van der Waals surface area contributed by atoms with Gasteiger partial charge in [-0.05, 0) is 18.8 Å². The smallest absolute Gasteiger partial charge is 0.306 e. The van der Waals surface area contributed by atoms with E-state index in [-0.39, 0.29) is 5.97 Å². The Kier molecular flexibility index (Phi) is 7.90. The van der Waals surface area contributed by atoms with Crippen molar-refractivity contribution >= 4 is 5.97 Å². The van der Waals surface area contributed by atoms with Crippen LogP contribution in [0, 0.1) is 5.92 Å². The minimum absolute atomic E-state index is 0.133. The van der Waals surface area contributed by atoms with Crippen molar-refractivity contribution in [3.05, 3.63) is 24.8 Å². The molecule has 0 fully saturated rings. The van der Waals surface area contributed by atoms with Crippen molar-refractivity contribution < 1.29 is 9.53 Å². The molecule has 14 heavy (non-hydrogen) atoms. The fraction of sp³-hybridized carbons (Fsp3) is 0.583. The molecule has 0 aliphatic carbocycles. The Labute approximate surface area is 86.6 Å². The van der Waals surface area contributed by atoms with Crippen molar-refractivity contribution in [2.24, 2.45) is 5.92 Å². The van der Waals surface area contributed by atoms with Crippen LogP contribution in [0.4, 0.5) is 0 Å². The van der Waals surface area contributed by atoms with Crippen LogP contribution in [0.15, 0.2) is 24.8 Å². The first kappa shape index (κ1) is 12.9. The zero-order valence-electron chi connectivity index (χ0n) is 9.16. The van der Waals surface area contributed by atoms with Crippen molar-refractivity contribution in [3.8, 4) is 0 Å². The number of esters is 1. The van der Waals surface area contributed by atoms with E-state index in [1.165, 1.54) is 7.11 Å². The molecule has 0 radical (unpaired) electrons. The van der Waals surface area contributed by atoms with Gasteiger partial charge in [-0.15, -0.1) is 6.58 Å². The molecule has 0 amide bonds. The van der Waals surface area contributed by atoms with Crippen LogP contribution in [0.5, 0.6) is 0 Å². The van der Waals surface area contributed by atoms with E-state index in [4.69, 9.17) is 0 Å². The van der Waals surface area contributed by atoms with Crippen molar-refractivity contribution in [2.45, 2.75) is 32.6 Å². The molecule has 0 saturated carbocycles. The van der Waals surface area contributed by atoms with Crippen molar-refractivity contribution in [1.29, 1.82) is 0 Å². The van der Waals surface area contributed by atoms with Gasteiger partial charge in [-0.3, -0.25) is 4.79 Å². The number of hydrogen-bond acceptors (Lipinski definition) is 2. The summed E-state index contributed by atoms with van der Waals surface area (Å²) in [7, 11) is 1.43. The number of methoxy groups -OCH3 is 1. The van der Waals surface area contributed by atoms with Crippen LogP contribution < -0.4 is 0 Å². The zero-order valence-corrected chi connectivity index (χ0v) is 9.16. The average molecular weight is 196 g/mol. The van der Waals surface area contributed by atoms with Crippen LogP contribution in [0.2, 0.25) is 0 Å². The third kappa shape index (κ3) is 6.46. The summed E-state index contributed by atoms with van der Waals surface area (Å²) < 4.78 is 4.64. The number of hydrogen-bond donors (Lipinski definition) is 0. The highest BCUT2D eigenvalue weighted by molar-refractivity contribution is 5.69. The van der Waals surface area contributed by atoms with E-state index in [1.54, 1.807) is 0 Å². The van der Waals surface area contributed by atoms with Gasteiger partial charge in [-0.2, -0.15) is 0 Å². The molecule has 0 aliphatic rings. The molecule has 0 aromatic rings. The third-order valence-electron chi connectivity index (χ3n) is 2.03.